The molecule has 3 N–H and O–H groups in total. The minimum atomic E-state index is -0.865. The van der Waals surface area contributed by atoms with Crippen molar-refractivity contribution in [1.29, 1.82) is 0 Å². The first-order chi connectivity index (χ1) is 9.56. The number of ether oxygens (including phenoxy) is 1. The molecule has 0 spiro atoms. The lowest BCUT2D eigenvalue weighted by Crippen LogP contribution is -2.33. The Morgan fingerprint density at radius 1 is 1.55 bits per heavy atom. The van der Waals surface area contributed by atoms with Crippen LogP contribution in [0.25, 0.3) is 0 Å². The molecule has 1 saturated heterocycles. The molecule has 1 aliphatic rings. The van der Waals surface area contributed by atoms with Crippen LogP contribution in [0, 0.1) is 11.8 Å². The van der Waals surface area contributed by atoms with Crippen LogP contribution in [0.15, 0.2) is 15.8 Å². The van der Waals surface area contributed by atoms with Crippen LogP contribution < -0.4 is 11.2 Å². The summed E-state index contributed by atoms with van der Waals surface area (Å²) in [5.41, 5.74) is -1.12. The fourth-order valence-corrected chi connectivity index (χ4v) is 2.05. The van der Waals surface area contributed by atoms with Gasteiger partial charge in [-0.15, -0.1) is 0 Å². The van der Waals surface area contributed by atoms with Crippen molar-refractivity contribution in [2.24, 2.45) is 0 Å². The fraction of sp³-hybridized carbons (Fsp3) is 0.500. The zero-order chi connectivity index (χ0) is 14.7. The number of thiol groups is 1. The molecule has 3 atom stereocenters. The highest BCUT2D eigenvalue weighted by atomic mass is 32.1. The minimum Gasteiger partial charge on any atom is -0.394 e. The Morgan fingerprint density at radius 2 is 2.30 bits per heavy atom. The Morgan fingerprint density at radius 3 is 2.90 bits per heavy atom. The molecule has 0 aromatic carbocycles. The highest BCUT2D eigenvalue weighted by molar-refractivity contribution is 7.80. The Bertz CT molecular complexity index is 656. The van der Waals surface area contributed by atoms with E-state index in [-0.39, 0.29) is 24.3 Å². The average Bonchev–Trinajstić information content (AvgIpc) is 2.79. The molecule has 8 heteroatoms. The normalized spacial score (nSPS) is 25.2. The standard InChI is InChI=1S/C12H14N2O5S/c15-6-9-8(16)4-10(19-9)14-5-7(2-1-3-20)11(17)13-12(14)18/h5,8-10,15-16,20H,3-4,6H2,(H,13,17,18)/t8?,9-,10-/m0/s1. The topological polar surface area (TPSA) is 105 Å². The van der Waals surface area contributed by atoms with Crippen molar-refractivity contribution in [3.63, 3.8) is 0 Å². The van der Waals surface area contributed by atoms with Gasteiger partial charge in [0.15, 0.2) is 0 Å². The third kappa shape index (κ3) is 2.96. The zero-order valence-corrected chi connectivity index (χ0v) is 11.3. The second kappa shape index (κ2) is 6.28. The number of nitrogens with one attached hydrogen (secondary N) is 1. The van der Waals surface area contributed by atoms with Gasteiger partial charge in [-0.2, -0.15) is 12.6 Å². The summed E-state index contributed by atoms with van der Waals surface area (Å²) in [6.45, 7) is -0.345. The number of aromatic amines is 1. The molecule has 0 radical (unpaired) electrons. The van der Waals surface area contributed by atoms with Crippen molar-refractivity contribution in [1.82, 2.24) is 9.55 Å². The van der Waals surface area contributed by atoms with Gasteiger partial charge in [-0.3, -0.25) is 14.3 Å². The van der Waals surface area contributed by atoms with Crippen LogP contribution in [0.5, 0.6) is 0 Å². The van der Waals surface area contributed by atoms with Crippen molar-refractivity contribution in [2.45, 2.75) is 24.9 Å². The van der Waals surface area contributed by atoms with Gasteiger partial charge < -0.3 is 14.9 Å². The maximum atomic E-state index is 11.8. The molecule has 1 aromatic rings. The van der Waals surface area contributed by atoms with Crippen molar-refractivity contribution >= 4 is 12.6 Å². The van der Waals surface area contributed by atoms with E-state index in [4.69, 9.17) is 9.84 Å². The summed E-state index contributed by atoms with van der Waals surface area (Å²) < 4.78 is 6.52. The number of H-pyrrole nitrogens is 1. The van der Waals surface area contributed by atoms with Crippen molar-refractivity contribution < 1.29 is 14.9 Å². The first-order valence-electron chi connectivity index (χ1n) is 5.96. The van der Waals surface area contributed by atoms with E-state index in [2.05, 4.69) is 29.5 Å². The van der Waals surface area contributed by atoms with Crippen LogP contribution in [-0.4, -0.2) is 44.3 Å². The SMILES string of the molecule is O=c1[nH]c(=O)n([C@@H]2CC(O)[C@H](CO)O2)cc1C#CCS. The third-order valence-corrected chi connectivity index (χ3v) is 3.12. The van der Waals surface area contributed by atoms with Crippen LogP contribution in [0.2, 0.25) is 0 Å². The summed E-state index contributed by atoms with van der Waals surface area (Å²) in [5, 5.41) is 18.7. The molecule has 0 aliphatic carbocycles. The molecule has 1 aromatic heterocycles. The number of rotatable bonds is 2. The molecule has 2 heterocycles. The lowest BCUT2D eigenvalue weighted by atomic mass is 10.2. The summed E-state index contributed by atoms with van der Waals surface area (Å²) in [7, 11) is 0. The van der Waals surface area contributed by atoms with Crippen LogP contribution in [-0.2, 0) is 4.74 Å². The number of hydrogen-bond acceptors (Lipinski definition) is 6. The predicted octanol–water partition coefficient (Wildman–Crippen LogP) is -1.54. The van der Waals surface area contributed by atoms with Crippen LogP contribution in [0.3, 0.4) is 0 Å². The van der Waals surface area contributed by atoms with Gasteiger partial charge >= 0.3 is 5.69 Å². The lowest BCUT2D eigenvalue weighted by molar-refractivity contribution is -0.0459. The number of nitrogens with zero attached hydrogens (tertiary/aromatic N) is 1. The van der Waals surface area contributed by atoms with Gasteiger partial charge in [0, 0.05) is 12.6 Å². The Balaban J connectivity index is 2.38. The Labute approximate surface area is 119 Å². The zero-order valence-electron chi connectivity index (χ0n) is 10.4. The monoisotopic (exact) mass is 298 g/mol. The van der Waals surface area contributed by atoms with Gasteiger partial charge in [0.1, 0.15) is 17.9 Å². The summed E-state index contributed by atoms with van der Waals surface area (Å²) >= 11 is 3.91. The molecular formula is C12H14N2O5S. The largest absolute Gasteiger partial charge is 0.394 e. The molecule has 7 nitrogen and oxygen atoms in total. The molecule has 1 unspecified atom stereocenters. The van der Waals surface area contributed by atoms with Gasteiger partial charge in [-0.25, -0.2) is 4.79 Å². The number of aliphatic hydroxyl groups is 2. The van der Waals surface area contributed by atoms with Crippen LogP contribution in [0.1, 0.15) is 18.2 Å². The van der Waals surface area contributed by atoms with Crippen LogP contribution >= 0.6 is 12.6 Å². The number of aromatic nitrogens is 2. The van der Waals surface area contributed by atoms with Crippen molar-refractivity contribution in [2.75, 3.05) is 12.4 Å². The molecule has 0 amide bonds. The highest BCUT2D eigenvalue weighted by Crippen LogP contribution is 2.27. The summed E-state index contributed by atoms with van der Waals surface area (Å²) in [4.78, 5) is 25.5. The van der Waals surface area contributed by atoms with E-state index in [1.807, 2.05) is 0 Å². The Kier molecular flexibility index (Phi) is 4.67. The second-order valence-corrected chi connectivity index (χ2v) is 4.60. The number of aliphatic hydroxyl groups excluding tert-OH is 2. The Hall–Kier alpha value is -1.53. The smallest absolute Gasteiger partial charge is 0.330 e. The molecule has 1 fully saturated rings. The second-order valence-electron chi connectivity index (χ2n) is 4.28. The third-order valence-electron chi connectivity index (χ3n) is 2.96. The average molecular weight is 298 g/mol. The van der Waals surface area contributed by atoms with Gasteiger partial charge in [0.25, 0.3) is 5.56 Å². The van der Waals surface area contributed by atoms with E-state index in [1.165, 1.54) is 6.20 Å². The molecular weight excluding hydrogens is 284 g/mol. The molecule has 108 valence electrons. The fourth-order valence-electron chi connectivity index (χ4n) is 1.97. The van der Waals surface area contributed by atoms with E-state index in [9.17, 15) is 14.7 Å². The highest BCUT2D eigenvalue weighted by Gasteiger charge is 2.35. The predicted molar refractivity (Wildman–Crippen MR) is 73.7 cm³/mol. The first-order valence-corrected chi connectivity index (χ1v) is 6.59. The minimum absolute atomic E-state index is 0.115. The maximum absolute atomic E-state index is 11.8. The van der Waals surface area contributed by atoms with Gasteiger partial charge in [0.05, 0.1) is 18.5 Å². The molecule has 0 bridgehead atoms. The van der Waals surface area contributed by atoms with E-state index in [0.29, 0.717) is 0 Å². The summed E-state index contributed by atoms with van der Waals surface area (Å²) in [6.07, 6.45) is -0.921. The molecule has 2 rings (SSSR count). The van der Waals surface area contributed by atoms with Crippen LogP contribution in [0.4, 0.5) is 0 Å². The quantitative estimate of drug-likeness (QED) is 0.391. The lowest BCUT2D eigenvalue weighted by Gasteiger charge is -2.14. The van der Waals surface area contributed by atoms with E-state index in [0.717, 1.165) is 4.57 Å². The van der Waals surface area contributed by atoms with E-state index >= 15 is 0 Å². The molecule has 1 aliphatic heterocycles. The van der Waals surface area contributed by atoms with Gasteiger partial charge in [0.2, 0.25) is 0 Å². The summed E-state index contributed by atoms with van der Waals surface area (Å²) in [6, 6.07) is 0. The maximum Gasteiger partial charge on any atom is 0.330 e. The van der Waals surface area contributed by atoms with Crippen molar-refractivity contribution in [3.05, 3.63) is 32.6 Å². The number of hydrogen-bond donors (Lipinski definition) is 4. The van der Waals surface area contributed by atoms with Crippen molar-refractivity contribution in [3.8, 4) is 11.8 Å². The molecule has 20 heavy (non-hydrogen) atoms. The van der Waals surface area contributed by atoms with E-state index in [1.54, 1.807) is 0 Å². The van der Waals surface area contributed by atoms with E-state index < -0.39 is 29.7 Å². The van der Waals surface area contributed by atoms with Gasteiger partial charge in [-0.05, 0) is 0 Å². The van der Waals surface area contributed by atoms with Gasteiger partial charge in [-0.1, -0.05) is 11.8 Å². The molecule has 0 saturated carbocycles. The first kappa shape index (κ1) is 14.9. The summed E-state index contributed by atoms with van der Waals surface area (Å²) in [5.74, 6) is 5.49.